The Balaban J connectivity index is 1.97. The number of hydrogen-bond donors (Lipinski definition) is 0. The van der Waals surface area contributed by atoms with E-state index in [9.17, 15) is 4.79 Å². The lowest BCUT2D eigenvalue weighted by Crippen LogP contribution is -2.09. The Kier molecular flexibility index (Phi) is 4.93. The summed E-state index contributed by atoms with van der Waals surface area (Å²) in [5, 5.41) is 0. The van der Waals surface area contributed by atoms with E-state index >= 15 is 0 Å². The first kappa shape index (κ1) is 17.5. The van der Waals surface area contributed by atoms with Crippen LogP contribution < -0.4 is 14.4 Å². The van der Waals surface area contributed by atoms with Gasteiger partial charge in [-0.25, -0.2) is 9.79 Å². The fourth-order valence-corrected chi connectivity index (χ4v) is 2.60. The Bertz CT molecular complexity index is 861. The second-order valence-corrected chi connectivity index (χ2v) is 5.86. The van der Waals surface area contributed by atoms with Crippen LogP contribution in [0.4, 0.5) is 5.69 Å². The minimum absolute atomic E-state index is 0.167. The van der Waals surface area contributed by atoms with Gasteiger partial charge in [0.25, 0.3) is 0 Å². The molecule has 26 heavy (non-hydrogen) atoms. The Labute approximate surface area is 152 Å². The van der Waals surface area contributed by atoms with Gasteiger partial charge in [0.1, 0.15) is 17.1 Å². The monoisotopic (exact) mass is 352 g/mol. The highest BCUT2D eigenvalue weighted by atomic mass is 16.6. The summed E-state index contributed by atoms with van der Waals surface area (Å²) in [7, 11) is 7.02. The maximum absolute atomic E-state index is 12.2. The number of esters is 1. The molecule has 0 saturated heterocycles. The van der Waals surface area contributed by atoms with Crippen LogP contribution in [-0.4, -0.2) is 40.2 Å². The maximum Gasteiger partial charge on any atom is 0.363 e. The van der Waals surface area contributed by atoms with Crippen LogP contribution in [0.5, 0.6) is 11.5 Å². The maximum atomic E-state index is 12.2. The molecule has 6 heteroatoms. The minimum atomic E-state index is -0.510. The van der Waals surface area contributed by atoms with Gasteiger partial charge in [0.05, 0.1) is 14.2 Å². The number of hydrogen-bond acceptors (Lipinski definition) is 6. The third kappa shape index (κ3) is 3.39. The van der Waals surface area contributed by atoms with Crippen molar-refractivity contribution in [1.29, 1.82) is 0 Å². The molecule has 0 unspecified atom stereocenters. The average molecular weight is 352 g/mol. The first-order chi connectivity index (χ1) is 12.5. The van der Waals surface area contributed by atoms with Crippen molar-refractivity contribution >= 4 is 23.6 Å². The van der Waals surface area contributed by atoms with Gasteiger partial charge in [-0.2, -0.15) is 0 Å². The van der Waals surface area contributed by atoms with Crippen LogP contribution in [0.25, 0.3) is 6.08 Å². The van der Waals surface area contributed by atoms with Gasteiger partial charge in [-0.05, 0) is 35.9 Å². The molecule has 0 amide bonds. The predicted octanol–water partition coefficient (Wildman–Crippen LogP) is 3.11. The second kappa shape index (κ2) is 7.31. The van der Waals surface area contributed by atoms with E-state index in [0.29, 0.717) is 17.1 Å². The number of anilines is 1. The Morgan fingerprint density at radius 1 is 1.00 bits per heavy atom. The molecule has 0 aromatic heterocycles. The smallest absolute Gasteiger partial charge is 0.363 e. The van der Waals surface area contributed by atoms with E-state index in [-0.39, 0.29) is 11.6 Å². The second-order valence-electron chi connectivity index (χ2n) is 5.86. The molecule has 1 aliphatic rings. The summed E-state index contributed by atoms with van der Waals surface area (Å²) >= 11 is 0. The number of carbonyl (C=O) groups is 1. The first-order valence-electron chi connectivity index (χ1n) is 8.05. The molecule has 0 radical (unpaired) electrons. The highest BCUT2D eigenvalue weighted by Crippen LogP contribution is 2.32. The molecule has 0 fully saturated rings. The van der Waals surface area contributed by atoms with Crippen LogP contribution >= 0.6 is 0 Å². The minimum Gasteiger partial charge on any atom is -0.496 e. The summed E-state index contributed by atoms with van der Waals surface area (Å²) in [5.41, 5.74) is 2.67. The SMILES string of the molecule is COc1cccc(OC)c1C1=N/C(=C/c2ccc(N(C)C)cc2)C(=O)O1. The van der Waals surface area contributed by atoms with Gasteiger partial charge in [-0.3, -0.25) is 0 Å². The molecule has 1 aliphatic heterocycles. The molecule has 0 N–H and O–H groups in total. The third-order valence-electron chi connectivity index (χ3n) is 3.98. The highest BCUT2D eigenvalue weighted by molar-refractivity contribution is 6.14. The largest absolute Gasteiger partial charge is 0.496 e. The Morgan fingerprint density at radius 3 is 2.15 bits per heavy atom. The molecule has 6 nitrogen and oxygen atoms in total. The predicted molar refractivity (Wildman–Crippen MR) is 101 cm³/mol. The number of benzene rings is 2. The van der Waals surface area contributed by atoms with Crippen molar-refractivity contribution in [2.24, 2.45) is 4.99 Å². The van der Waals surface area contributed by atoms with E-state index in [1.165, 1.54) is 0 Å². The standard InChI is InChI=1S/C20H20N2O4/c1-22(2)14-10-8-13(9-11-14)12-15-20(23)26-19(21-15)18-16(24-3)6-5-7-17(18)25-4/h5-12H,1-4H3/b15-12+. The van der Waals surface area contributed by atoms with Gasteiger partial charge in [0.15, 0.2) is 5.70 Å². The van der Waals surface area contributed by atoms with Crippen LogP contribution in [0.2, 0.25) is 0 Å². The fraction of sp³-hybridized carbons (Fsp3) is 0.200. The van der Waals surface area contributed by atoms with Crippen LogP contribution in [-0.2, 0) is 9.53 Å². The van der Waals surface area contributed by atoms with Crippen molar-refractivity contribution < 1.29 is 19.0 Å². The van der Waals surface area contributed by atoms with Gasteiger partial charge < -0.3 is 19.1 Å². The summed E-state index contributed by atoms with van der Waals surface area (Å²) in [4.78, 5) is 18.6. The molecule has 2 aromatic rings. The van der Waals surface area contributed by atoms with Crippen molar-refractivity contribution in [3.63, 3.8) is 0 Å². The van der Waals surface area contributed by atoms with E-state index < -0.39 is 5.97 Å². The number of aliphatic imine (C=N–C) groups is 1. The normalized spacial score (nSPS) is 14.8. The van der Waals surface area contributed by atoms with Gasteiger partial charge in [-0.1, -0.05) is 18.2 Å². The molecular formula is C20H20N2O4. The lowest BCUT2D eigenvalue weighted by Gasteiger charge is -2.11. The van der Waals surface area contributed by atoms with Crippen molar-refractivity contribution in [1.82, 2.24) is 0 Å². The molecule has 3 rings (SSSR count). The molecule has 0 saturated carbocycles. The van der Waals surface area contributed by atoms with Crippen LogP contribution in [0, 0.1) is 0 Å². The zero-order valence-electron chi connectivity index (χ0n) is 15.1. The van der Waals surface area contributed by atoms with E-state index in [1.807, 2.05) is 43.3 Å². The van der Waals surface area contributed by atoms with Crippen molar-refractivity contribution in [2.45, 2.75) is 0 Å². The van der Waals surface area contributed by atoms with E-state index in [4.69, 9.17) is 14.2 Å². The Hall–Kier alpha value is -3.28. The highest BCUT2D eigenvalue weighted by Gasteiger charge is 2.28. The molecule has 1 heterocycles. The van der Waals surface area contributed by atoms with Crippen LogP contribution in [0.3, 0.4) is 0 Å². The molecule has 0 spiro atoms. The summed E-state index contributed by atoms with van der Waals surface area (Å²) in [5.74, 6) is 0.699. The summed E-state index contributed by atoms with van der Waals surface area (Å²) in [6.45, 7) is 0. The fourth-order valence-electron chi connectivity index (χ4n) is 2.60. The zero-order chi connectivity index (χ0) is 18.7. The number of methoxy groups -OCH3 is 2. The van der Waals surface area contributed by atoms with E-state index in [2.05, 4.69) is 4.99 Å². The number of nitrogens with zero attached hydrogens (tertiary/aromatic N) is 2. The molecule has 2 aromatic carbocycles. The summed E-state index contributed by atoms with van der Waals surface area (Å²) < 4.78 is 16.1. The molecular weight excluding hydrogens is 332 g/mol. The lowest BCUT2D eigenvalue weighted by atomic mass is 10.1. The third-order valence-corrected chi connectivity index (χ3v) is 3.98. The number of carbonyl (C=O) groups excluding carboxylic acids is 1. The number of rotatable bonds is 5. The molecule has 0 bridgehead atoms. The first-order valence-corrected chi connectivity index (χ1v) is 8.05. The van der Waals surface area contributed by atoms with Crippen LogP contribution in [0.15, 0.2) is 53.2 Å². The number of cyclic esters (lactones) is 1. The van der Waals surface area contributed by atoms with Crippen LogP contribution in [0.1, 0.15) is 11.1 Å². The summed E-state index contributed by atoms with van der Waals surface area (Å²) in [6.07, 6.45) is 1.69. The van der Waals surface area contributed by atoms with Gasteiger partial charge in [-0.15, -0.1) is 0 Å². The lowest BCUT2D eigenvalue weighted by molar-refractivity contribution is -0.129. The Morgan fingerprint density at radius 2 is 1.62 bits per heavy atom. The van der Waals surface area contributed by atoms with Gasteiger partial charge >= 0.3 is 5.97 Å². The molecule has 0 aliphatic carbocycles. The van der Waals surface area contributed by atoms with E-state index in [1.54, 1.807) is 38.5 Å². The van der Waals surface area contributed by atoms with Gasteiger partial charge in [0.2, 0.25) is 5.90 Å². The van der Waals surface area contributed by atoms with E-state index in [0.717, 1.165) is 11.3 Å². The quantitative estimate of drug-likeness (QED) is 0.611. The number of ether oxygens (including phenoxy) is 3. The topological polar surface area (TPSA) is 60.4 Å². The van der Waals surface area contributed by atoms with Crippen molar-refractivity contribution in [3.05, 3.63) is 59.3 Å². The average Bonchev–Trinajstić information content (AvgIpc) is 3.01. The van der Waals surface area contributed by atoms with Gasteiger partial charge in [0, 0.05) is 19.8 Å². The summed E-state index contributed by atoms with van der Waals surface area (Å²) in [6, 6.07) is 13.1. The zero-order valence-corrected chi connectivity index (χ0v) is 15.1. The molecule has 0 atom stereocenters. The van der Waals surface area contributed by atoms with Crippen molar-refractivity contribution in [2.75, 3.05) is 33.2 Å². The van der Waals surface area contributed by atoms with Crippen molar-refractivity contribution in [3.8, 4) is 11.5 Å². The molecule has 134 valence electrons.